The highest BCUT2D eigenvalue weighted by molar-refractivity contribution is 5.87. The number of fused-ring (bicyclic) bond motifs is 1. The van der Waals surface area contributed by atoms with E-state index < -0.39 is 5.92 Å². The van der Waals surface area contributed by atoms with Crippen LogP contribution in [0.4, 0.5) is 8.78 Å². The maximum atomic E-state index is 13.5. The molecular formula is C28H28F2N2O. The predicted molar refractivity (Wildman–Crippen MR) is 125 cm³/mol. The molecule has 170 valence electrons. The van der Waals surface area contributed by atoms with Crippen molar-refractivity contribution in [2.75, 3.05) is 13.1 Å². The first kappa shape index (κ1) is 21.8. The van der Waals surface area contributed by atoms with Gasteiger partial charge >= 0.3 is 0 Å². The minimum atomic E-state index is -0.605. The SMILES string of the molecule is O=C(NC1CCC2CN(Cc3ccccc3)CC21)C(c1ccc(F)cc1)c1ccc(F)cc1. The van der Waals surface area contributed by atoms with E-state index in [0.717, 1.165) is 32.5 Å². The number of halogens is 2. The van der Waals surface area contributed by atoms with Crippen molar-refractivity contribution >= 4 is 5.91 Å². The third-order valence-electron chi connectivity index (χ3n) is 7.18. The minimum Gasteiger partial charge on any atom is -0.352 e. The van der Waals surface area contributed by atoms with Crippen LogP contribution in [0.5, 0.6) is 0 Å². The highest BCUT2D eigenvalue weighted by Crippen LogP contribution is 2.39. The van der Waals surface area contributed by atoms with Crippen LogP contribution in [0, 0.1) is 23.5 Å². The molecule has 3 atom stereocenters. The predicted octanol–water partition coefficient (Wildman–Crippen LogP) is 5.12. The average molecular weight is 447 g/mol. The van der Waals surface area contributed by atoms with E-state index in [4.69, 9.17) is 0 Å². The molecule has 3 aromatic carbocycles. The van der Waals surface area contributed by atoms with E-state index in [1.807, 2.05) is 6.07 Å². The summed E-state index contributed by atoms with van der Waals surface area (Å²) in [7, 11) is 0. The van der Waals surface area contributed by atoms with Crippen molar-refractivity contribution in [2.45, 2.75) is 31.3 Å². The first-order valence-electron chi connectivity index (χ1n) is 11.6. The minimum absolute atomic E-state index is 0.111. The second-order valence-corrected chi connectivity index (χ2v) is 9.33. The van der Waals surface area contributed by atoms with Crippen LogP contribution in [0.1, 0.15) is 35.4 Å². The lowest BCUT2D eigenvalue weighted by atomic mass is 9.89. The molecule has 1 aliphatic heterocycles. The van der Waals surface area contributed by atoms with E-state index in [-0.39, 0.29) is 23.6 Å². The lowest BCUT2D eigenvalue weighted by Gasteiger charge is -2.25. The second kappa shape index (κ2) is 9.44. The van der Waals surface area contributed by atoms with Crippen LogP contribution in [0.2, 0.25) is 0 Å². The molecule has 2 fully saturated rings. The van der Waals surface area contributed by atoms with E-state index in [1.54, 1.807) is 24.3 Å². The molecule has 5 heteroatoms. The summed E-state index contributed by atoms with van der Waals surface area (Å²) in [5.74, 6) is -0.387. The van der Waals surface area contributed by atoms with Gasteiger partial charge in [-0.15, -0.1) is 0 Å². The monoisotopic (exact) mass is 446 g/mol. The molecule has 0 radical (unpaired) electrons. The van der Waals surface area contributed by atoms with Gasteiger partial charge in [0.2, 0.25) is 5.91 Å². The Labute approximate surface area is 193 Å². The fourth-order valence-electron chi connectivity index (χ4n) is 5.58. The molecule has 3 unspecified atom stereocenters. The van der Waals surface area contributed by atoms with E-state index in [9.17, 15) is 13.6 Å². The molecule has 0 bridgehead atoms. The van der Waals surface area contributed by atoms with Crippen molar-refractivity contribution in [3.05, 3.63) is 107 Å². The zero-order chi connectivity index (χ0) is 22.8. The summed E-state index contributed by atoms with van der Waals surface area (Å²) in [6.07, 6.45) is 2.08. The smallest absolute Gasteiger partial charge is 0.232 e. The van der Waals surface area contributed by atoms with Crippen molar-refractivity contribution in [1.82, 2.24) is 10.2 Å². The van der Waals surface area contributed by atoms with Gasteiger partial charge in [-0.25, -0.2) is 8.78 Å². The van der Waals surface area contributed by atoms with Crippen LogP contribution in [-0.4, -0.2) is 29.9 Å². The molecule has 3 aromatic rings. The van der Waals surface area contributed by atoms with Crippen LogP contribution < -0.4 is 5.32 Å². The molecule has 1 saturated heterocycles. The maximum absolute atomic E-state index is 13.5. The summed E-state index contributed by atoms with van der Waals surface area (Å²) in [5.41, 5.74) is 2.71. The van der Waals surface area contributed by atoms with E-state index in [1.165, 1.54) is 29.8 Å². The Morgan fingerprint density at radius 1 is 0.848 bits per heavy atom. The molecule has 2 aliphatic rings. The standard InChI is InChI=1S/C28H28F2N2O/c29-23-11-6-20(7-12-23)27(21-8-13-24(30)14-9-21)28(33)31-26-15-10-22-17-32(18-25(22)26)16-19-4-2-1-3-5-19/h1-9,11-14,22,25-27H,10,15-18H2,(H,31,33). The second-order valence-electron chi connectivity index (χ2n) is 9.33. The largest absolute Gasteiger partial charge is 0.352 e. The van der Waals surface area contributed by atoms with Crippen molar-refractivity contribution in [1.29, 1.82) is 0 Å². The number of hydrogen-bond donors (Lipinski definition) is 1. The fourth-order valence-corrected chi connectivity index (χ4v) is 5.58. The third-order valence-corrected chi connectivity index (χ3v) is 7.18. The van der Waals surface area contributed by atoms with Gasteiger partial charge in [-0.2, -0.15) is 0 Å². The molecule has 1 amide bonds. The van der Waals surface area contributed by atoms with Gasteiger partial charge in [0.05, 0.1) is 5.92 Å². The Morgan fingerprint density at radius 3 is 2.06 bits per heavy atom. The van der Waals surface area contributed by atoms with Gasteiger partial charge in [0, 0.05) is 25.7 Å². The summed E-state index contributed by atoms with van der Waals surface area (Å²) in [5, 5.41) is 3.31. The Hall–Kier alpha value is -3.05. The molecule has 0 spiro atoms. The van der Waals surface area contributed by atoms with Gasteiger partial charge < -0.3 is 5.32 Å². The van der Waals surface area contributed by atoms with Crippen molar-refractivity contribution in [3.63, 3.8) is 0 Å². The molecule has 33 heavy (non-hydrogen) atoms. The van der Waals surface area contributed by atoms with Crippen molar-refractivity contribution in [2.24, 2.45) is 11.8 Å². The Bertz CT molecular complexity index is 1040. The Balaban J connectivity index is 1.31. The highest BCUT2D eigenvalue weighted by Gasteiger charge is 2.43. The number of benzene rings is 3. The normalized spacial score (nSPS) is 22.5. The van der Waals surface area contributed by atoms with Gasteiger partial charge in [-0.1, -0.05) is 54.6 Å². The van der Waals surface area contributed by atoms with Crippen LogP contribution >= 0.6 is 0 Å². The number of nitrogens with one attached hydrogen (secondary N) is 1. The van der Waals surface area contributed by atoms with Gasteiger partial charge in [-0.3, -0.25) is 9.69 Å². The number of hydrogen-bond acceptors (Lipinski definition) is 2. The topological polar surface area (TPSA) is 32.3 Å². The van der Waals surface area contributed by atoms with Gasteiger partial charge in [-0.05, 0) is 65.6 Å². The van der Waals surface area contributed by atoms with Gasteiger partial charge in [0.15, 0.2) is 0 Å². The van der Waals surface area contributed by atoms with E-state index in [0.29, 0.717) is 23.0 Å². The van der Waals surface area contributed by atoms with Gasteiger partial charge in [0.1, 0.15) is 11.6 Å². The average Bonchev–Trinajstić information content (AvgIpc) is 3.38. The Morgan fingerprint density at radius 2 is 1.45 bits per heavy atom. The first-order chi connectivity index (χ1) is 16.1. The van der Waals surface area contributed by atoms with Crippen molar-refractivity contribution < 1.29 is 13.6 Å². The molecule has 1 aliphatic carbocycles. The zero-order valence-electron chi connectivity index (χ0n) is 18.5. The Kier molecular flexibility index (Phi) is 6.23. The summed E-state index contributed by atoms with van der Waals surface area (Å²) >= 11 is 0. The third kappa shape index (κ3) is 4.83. The van der Waals surface area contributed by atoms with E-state index >= 15 is 0 Å². The molecule has 3 nitrogen and oxygen atoms in total. The summed E-state index contributed by atoms with van der Waals surface area (Å²) < 4.78 is 27.0. The molecule has 0 aromatic heterocycles. The molecular weight excluding hydrogens is 418 g/mol. The van der Waals surface area contributed by atoms with Crippen molar-refractivity contribution in [3.8, 4) is 0 Å². The molecule has 1 heterocycles. The molecule has 1 saturated carbocycles. The highest BCUT2D eigenvalue weighted by atomic mass is 19.1. The van der Waals surface area contributed by atoms with Gasteiger partial charge in [0.25, 0.3) is 0 Å². The molecule has 5 rings (SSSR count). The summed E-state index contributed by atoms with van der Waals surface area (Å²) in [4.78, 5) is 16.0. The number of carbonyl (C=O) groups is 1. The number of nitrogens with zero attached hydrogens (tertiary/aromatic N) is 1. The summed E-state index contributed by atoms with van der Waals surface area (Å²) in [6, 6.07) is 22.6. The lowest BCUT2D eigenvalue weighted by Crippen LogP contribution is -2.42. The van der Waals surface area contributed by atoms with E-state index in [2.05, 4.69) is 34.5 Å². The summed E-state index contributed by atoms with van der Waals surface area (Å²) in [6.45, 7) is 2.97. The van der Waals surface area contributed by atoms with Crippen LogP contribution in [0.25, 0.3) is 0 Å². The maximum Gasteiger partial charge on any atom is 0.232 e. The quantitative estimate of drug-likeness (QED) is 0.570. The van der Waals surface area contributed by atoms with Crippen LogP contribution in [-0.2, 0) is 11.3 Å². The number of rotatable bonds is 6. The number of likely N-dealkylation sites (tertiary alicyclic amines) is 1. The molecule has 1 N–H and O–H groups in total. The lowest BCUT2D eigenvalue weighted by molar-refractivity contribution is -0.122. The zero-order valence-corrected chi connectivity index (χ0v) is 18.5. The number of carbonyl (C=O) groups excluding carboxylic acids is 1. The number of amides is 1. The fraction of sp³-hybridized carbons (Fsp3) is 0.321. The van der Waals surface area contributed by atoms with Crippen LogP contribution in [0.15, 0.2) is 78.9 Å². The van der Waals surface area contributed by atoms with Crippen LogP contribution in [0.3, 0.4) is 0 Å². The first-order valence-corrected chi connectivity index (χ1v) is 11.6.